The minimum Gasteiger partial charge on any atom is -0.361 e. The van der Waals surface area contributed by atoms with Crippen LogP contribution < -0.4 is 5.32 Å². The van der Waals surface area contributed by atoms with E-state index >= 15 is 0 Å². The first-order chi connectivity index (χ1) is 16.7. The number of carbonyl (C=O) groups excluding carboxylic acids is 2. The molecule has 172 valence electrons. The highest BCUT2D eigenvalue weighted by Crippen LogP contribution is 2.41. The quantitative estimate of drug-likeness (QED) is 0.436. The molecule has 0 bridgehead atoms. The molecule has 1 fully saturated rings. The number of hydrogen-bond acceptors (Lipinski definition) is 4. The number of carbonyl (C=O) groups is 2. The molecule has 0 unspecified atom stereocenters. The molecular formula is C28H28N4O2. The molecule has 6 nitrogen and oxygen atoms in total. The average Bonchev–Trinajstić information content (AvgIpc) is 3.53. The largest absolute Gasteiger partial charge is 0.361 e. The Morgan fingerprint density at radius 1 is 0.794 bits per heavy atom. The van der Waals surface area contributed by atoms with E-state index in [0.29, 0.717) is 11.1 Å². The van der Waals surface area contributed by atoms with Crippen molar-refractivity contribution >= 4 is 44.5 Å². The smallest absolute Gasteiger partial charge is 0.172 e. The molecule has 2 aliphatic rings. The normalized spacial score (nSPS) is 17.5. The second kappa shape index (κ2) is 8.70. The van der Waals surface area contributed by atoms with Crippen molar-refractivity contribution in [2.75, 3.05) is 32.7 Å². The van der Waals surface area contributed by atoms with E-state index < -0.39 is 0 Å². The van der Waals surface area contributed by atoms with Gasteiger partial charge in [0.25, 0.3) is 0 Å². The maximum Gasteiger partial charge on any atom is 0.172 e. The summed E-state index contributed by atoms with van der Waals surface area (Å²) < 4.78 is 2.25. The Labute approximate surface area is 198 Å². The molecule has 0 saturated carbocycles. The van der Waals surface area contributed by atoms with Gasteiger partial charge in [0.05, 0.1) is 6.42 Å². The van der Waals surface area contributed by atoms with Crippen LogP contribution in [0.4, 0.5) is 0 Å². The third-order valence-electron chi connectivity index (χ3n) is 7.13. The lowest BCUT2D eigenvalue weighted by Crippen LogP contribution is -2.43. The zero-order valence-electron chi connectivity index (χ0n) is 19.1. The van der Waals surface area contributed by atoms with E-state index in [1.165, 1.54) is 0 Å². The summed E-state index contributed by atoms with van der Waals surface area (Å²) in [4.78, 5) is 32.0. The molecule has 1 saturated heterocycles. The molecule has 2 aromatic carbocycles. The van der Waals surface area contributed by atoms with E-state index in [2.05, 4.69) is 38.1 Å². The van der Waals surface area contributed by atoms with Gasteiger partial charge in [-0.1, -0.05) is 36.4 Å². The highest BCUT2D eigenvalue weighted by Gasteiger charge is 2.35. The van der Waals surface area contributed by atoms with Crippen LogP contribution >= 0.6 is 0 Å². The Kier molecular flexibility index (Phi) is 5.40. The summed E-state index contributed by atoms with van der Waals surface area (Å²) in [6, 6.07) is 16.1. The number of allylic oxidation sites excluding steroid dienone is 2. The minimum atomic E-state index is -0.0970. The van der Waals surface area contributed by atoms with Crippen LogP contribution in [0.3, 0.4) is 0 Å². The molecule has 0 spiro atoms. The van der Waals surface area contributed by atoms with Gasteiger partial charge in [0.2, 0.25) is 0 Å². The van der Waals surface area contributed by atoms with Gasteiger partial charge in [-0.3, -0.25) is 9.59 Å². The summed E-state index contributed by atoms with van der Waals surface area (Å²) in [6.07, 6.45) is 4.93. The van der Waals surface area contributed by atoms with Gasteiger partial charge in [-0.25, -0.2) is 0 Å². The lowest BCUT2D eigenvalue weighted by atomic mass is 9.95. The third kappa shape index (κ3) is 3.59. The third-order valence-corrected chi connectivity index (χ3v) is 7.13. The number of para-hydroxylation sites is 2. The maximum atomic E-state index is 13.2. The number of aromatic amines is 1. The summed E-state index contributed by atoms with van der Waals surface area (Å²) in [6.45, 7) is 6.23. The van der Waals surface area contributed by atoms with Gasteiger partial charge in [-0.2, -0.15) is 0 Å². The van der Waals surface area contributed by atoms with Gasteiger partial charge in [0.15, 0.2) is 11.6 Å². The molecule has 0 radical (unpaired) electrons. The monoisotopic (exact) mass is 452 g/mol. The number of nitrogens with one attached hydrogen (secondary N) is 2. The minimum absolute atomic E-state index is 0.0628. The molecule has 2 aromatic heterocycles. The van der Waals surface area contributed by atoms with Crippen molar-refractivity contribution in [3.8, 4) is 0 Å². The predicted octanol–water partition coefficient (Wildman–Crippen LogP) is 3.87. The van der Waals surface area contributed by atoms with E-state index in [1.54, 1.807) is 0 Å². The van der Waals surface area contributed by atoms with E-state index in [-0.39, 0.29) is 18.0 Å². The van der Waals surface area contributed by atoms with Crippen molar-refractivity contribution in [1.29, 1.82) is 0 Å². The first-order valence-corrected chi connectivity index (χ1v) is 12.1. The summed E-state index contributed by atoms with van der Waals surface area (Å²) in [5.74, 6) is -0.186. The number of piperazine rings is 1. The molecule has 4 aromatic rings. The second-order valence-electron chi connectivity index (χ2n) is 9.22. The fourth-order valence-corrected chi connectivity index (χ4v) is 5.48. The van der Waals surface area contributed by atoms with Crippen LogP contribution in [0, 0.1) is 0 Å². The number of nitrogens with zero attached hydrogens (tertiary/aromatic N) is 2. The maximum absolute atomic E-state index is 13.2. The van der Waals surface area contributed by atoms with Crippen LogP contribution in [0.25, 0.3) is 33.0 Å². The zero-order chi connectivity index (χ0) is 23.1. The Balaban J connectivity index is 1.42. The lowest BCUT2D eigenvalue weighted by Gasteiger charge is -2.27. The zero-order valence-corrected chi connectivity index (χ0v) is 19.1. The molecule has 6 heteroatoms. The van der Waals surface area contributed by atoms with Gasteiger partial charge in [-0.05, 0) is 25.1 Å². The number of aromatic nitrogens is 2. The molecule has 3 heterocycles. The number of H-pyrrole nitrogens is 1. The topological polar surface area (TPSA) is 70.1 Å². The van der Waals surface area contributed by atoms with E-state index in [4.69, 9.17) is 0 Å². The van der Waals surface area contributed by atoms with Gasteiger partial charge < -0.3 is 19.8 Å². The highest BCUT2D eigenvalue weighted by molar-refractivity contribution is 6.52. The van der Waals surface area contributed by atoms with Gasteiger partial charge >= 0.3 is 0 Å². The fraction of sp³-hybridized carbons (Fsp3) is 0.286. The van der Waals surface area contributed by atoms with Gasteiger partial charge in [0, 0.05) is 89.2 Å². The Bertz CT molecular complexity index is 1440. The highest BCUT2D eigenvalue weighted by atomic mass is 16.2. The number of hydrogen-bond donors (Lipinski definition) is 2. The van der Waals surface area contributed by atoms with Crippen LogP contribution in [-0.4, -0.2) is 58.7 Å². The molecule has 0 amide bonds. The van der Waals surface area contributed by atoms with Crippen molar-refractivity contribution in [3.05, 3.63) is 72.1 Å². The molecular weight excluding hydrogens is 424 g/mol. The first kappa shape index (κ1) is 21.1. The van der Waals surface area contributed by atoms with E-state index in [9.17, 15) is 9.59 Å². The summed E-state index contributed by atoms with van der Waals surface area (Å²) in [7, 11) is 0. The van der Waals surface area contributed by atoms with Crippen molar-refractivity contribution in [2.24, 2.45) is 0 Å². The number of Topliss-reactive ketones (excluding diaryl/α,β-unsaturated/α-hetero) is 2. The van der Waals surface area contributed by atoms with Crippen LogP contribution in [0.15, 0.2) is 60.9 Å². The van der Waals surface area contributed by atoms with Crippen molar-refractivity contribution in [2.45, 2.75) is 19.4 Å². The van der Waals surface area contributed by atoms with Crippen LogP contribution in [0.2, 0.25) is 0 Å². The Morgan fingerprint density at radius 3 is 2.32 bits per heavy atom. The van der Waals surface area contributed by atoms with E-state index in [1.807, 2.05) is 42.6 Å². The van der Waals surface area contributed by atoms with Crippen molar-refractivity contribution in [1.82, 2.24) is 19.8 Å². The fourth-order valence-electron chi connectivity index (χ4n) is 5.48. The summed E-state index contributed by atoms with van der Waals surface area (Å²) in [5, 5.41) is 5.40. The molecule has 1 aliphatic heterocycles. The number of fused-ring (bicyclic) bond motifs is 2. The van der Waals surface area contributed by atoms with Crippen LogP contribution in [0.1, 0.15) is 24.0 Å². The summed E-state index contributed by atoms with van der Waals surface area (Å²) in [5.41, 5.74) is 4.87. The molecule has 6 rings (SSSR count). The van der Waals surface area contributed by atoms with Crippen molar-refractivity contribution in [3.63, 3.8) is 0 Å². The number of benzene rings is 2. The molecule has 1 aliphatic carbocycles. The lowest BCUT2D eigenvalue weighted by molar-refractivity contribution is -0.119. The first-order valence-electron chi connectivity index (χ1n) is 12.1. The second-order valence-corrected chi connectivity index (χ2v) is 9.22. The average molecular weight is 453 g/mol. The van der Waals surface area contributed by atoms with Crippen LogP contribution in [-0.2, 0) is 16.1 Å². The van der Waals surface area contributed by atoms with E-state index in [0.717, 1.165) is 78.6 Å². The van der Waals surface area contributed by atoms with Gasteiger partial charge in [0.1, 0.15) is 0 Å². The number of rotatable bonds is 6. The Morgan fingerprint density at radius 2 is 1.50 bits per heavy atom. The van der Waals surface area contributed by atoms with Crippen LogP contribution in [0.5, 0.6) is 0 Å². The number of ketones is 2. The SMILES string of the molecule is O=C1CC(=O)C(c2cn(CCCN3CCNCC3)c3ccccc23)=C1c1c[nH]c2ccccc12. The number of aryl methyl sites for hydroxylation is 1. The van der Waals surface area contributed by atoms with Gasteiger partial charge in [-0.15, -0.1) is 0 Å². The molecule has 34 heavy (non-hydrogen) atoms. The molecule has 0 atom stereocenters. The van der Waals surface area contributed by atoms with Crippen molar-refractivity contribution < 1.29 is 9.59 Å². The summed E-state index contributed by atoms with van der Waals surface area (Å²) >= 11 is 0. The predicted molar refractivity (Wildman–Crippen MR) is 136 cm³/mol. The Hall–Kier alpha value is -3.48. The molecule has 2 N–H and O–H groups in total. The standard InChI is InChI=1S/C28H28N4O2/c33-25-16-26(34)28(27(25)21-17-30-23-8-3-1-6-19(21)23)22-18-32(24-9-4-2-7-20(22)24)13-5-12-31-14-10-29-11-15-31/h1-4,6-9,17-18,29-30H,5,10-16H2.